The zero-order valence-corrected chi connectivity index (χ0v) is 13.7. The highest BCUT2D eigenvalue weighted by molar-refractivity contribution is 5.81. The van der Waals surface area contributed by atoms with Gasteiger partial charge in [0.2, 0.25) is 0 Å². The molecule has 2 N–H and O–H groups in total. The summed E-state index contributed by atoms with van der Waals surface area (Å²) in [5.41, 5.74) is 5.40. The molecule has 0 aliphatic carbocycles. The number of anilines is 1. The second kappa shape index (κ2) is 7.94. The molecule has 0 saturated carbocycles. The molecule has 24 heavy (non-hydrogen) atoms. The summed E-state index contributed by atoms with van der Waals surface area (Å²) in [5, 5.41) is 23.0. The number of nitriles is 1. The molecule has 124 valence electrons. The molecule has 7 heteroatoms. The Bertz CT molecular complexity index is 797. The summed E-state index contributed by atoms with van der Waals surface area (Å²) in [6.07, 6.45) is 1.54. The molecule has 0 unspecified atom stereocenters. The van der Waals surface area contributed by atoms with E-state index in [4.69, 9.17) is 9.47 Å². The van der Waals surface area contributed by atoms with Gasteiger partial charge in [-0.2, -0.15) is 10.4 Å². The minimum Gasteiger partial charge on any atom is -0.504 e. The zero-order valence-electron chi connectivity index (χ0n) is 13.7. The molecule has 0 aliphatic rings. The Morgan fingerprint density at radius 3 is 2.83 bits per heavy atom. The first-order chi connectivity index (χ1) is 11.6. The topological polar surface area (TPSA) is 99.8 Å². The fourth-order valence-electron chi connectivity index (χ4n) is 2.16. The molecule has 0 aliphatic heterocycles. The van der Waals surface area contributed by atoms with E-state index in [1.807, 2.05) is 13.0 Å². The Balaban J connectivity index is 2.24. The molecule has 0 fully saturated rings. The number of phenolic OH excluding ortho intramolecular Hbond substituents is 1. The van der Waals surface area contributed by atoms with E-state index in [1.54, 1.807) is 25.5 Å². The van der Waals surface area contributed by atoms with Crippen LogP contribution in [0.25, 0.3) is 0 Å². The number of hydrazone groups is 1. The van der Waals surface area contributed by atoms with Crippen molar-refractivity contribution in [1.29, 1.82) is 5.26 Å². The predicted molar refractivity (Wildman–Crippen MR) is 90.3 cm³/mol. The fourth-order valence-corrected chi connectivity index (χ4v) is 2.16. The predicted octanol–water partition coefficient (Wildman–Crippen LogP) is 2.57. The van der Waals surface area contributed by atoms with Gasteiger partial charge in [0.05, 0.1) is 19.9 Å². The minimum absolute atomic E-state index is 0.0546. The summed E-state index contributed by atoms with van der Waals surface area (Å²) in [7, 11) is 3.04. The quantitative estimate of drug-likeness (QED) is 0.625. The smallest absolute Gasteiger partial charge is 0.164 e. The highest BCUT2D eigenvalue weighted by Gasteiger charge is 2.10. The summed E-state index contributed by atoms with van der Waals surface area (Å²) >= 11 is 0. The third-order valence-corrected chi connectivity index (χ3v) is 3.23. The van der Waals surface area contributed by atoms with E-state index >= 15 is 0 Å². The van der Waals surface area contributed by atoms with Gasteiger partial charge in [0.25, 0.3) is 0 Å². The fraction of sp³-hybridized carbons (Fsp3) is 0.235. The van der Waals surface area contributed by atoms with E-state index in [2.05, 4.69) is 21.6 Å². The Morgan fingerprint density at radius 2 is 2.17 bits per heavy atom. The van der Waals surface area contributed by atoms with Crippen LogP contribution in [0.5, 0.6) is 11.5 Å². The normalized spacial score (nSPS) is 10.6. The standard InChI is InChI=1S/C17H18N4O3/c1-11-6-13(10-23-2)14(8-18)17(20-11)21-19-9-12-4-5-15(22)16(7-12)24-3/h4-7,9,22H,10H2,1-3H3,(H,20,21)/b19-9-. The SMILES string of the molecule is COCc1cc(C)nc(N/N=C\c2ccc(O)c(OC)c2)c1C#N. The van der Waals surface area contributed by atoms with E-state index < -0.39 is 0 Å². The number of benzene rings is 1. The van der Waals surface area contributed by atoms with Gasteiger partial charge in [-0.1, -0.05) is 0 Å². The second-order valence-electron chi connectivity index (χ2n) is 4.99. The first-order valence-electron chi connectivity index (χ1n) is 7.14. The number of pyridine rings is 1. The van der Waals surface area contributed by atoms with Gasteiger partial charge in [-0.05, 0) is 36.8 Å². The van der Waals surface area contributed by atoms with Crippen LogP contribution in [0, 0.1) is 18.3 Å². The lowest BCUT2D eigenvalue weighted by atomic mass is 10.1. The summed E-state index contributed by atoms with van der Waals surface area (Å²) in [6, 6.07) is 8.78. The van der Waals surface area contributed by atoms with Crippen LogP contribution >= 0.6 is 0 Å². The molecule has 2 aromatic rings. The van der Waals surface area contributed by atoms with Crippen LogP contribution in [0.2, 0.25) is 0 Å². The number of methoxy groups -OCH3 is 2. The van der Waals surface area contributed by atoms with Crippen molar-refractivity contribution in [2.75, 3.05) is 19.6 Å². The number of nitrogens with one attached hydrogen (secondary N) is 1. The summed E-state index contributed by atoms with van der Waals surface area (Å²) in [5.74, 6) is 0.776. The van der Waals surface area contributed by atoms with Crippen LogP contribution in [0.1, 0.15) is 22.4 Å². The van der Waals surface area contributed by atoms with Crippen molar-refractivity contribution in [3.8, 4) is 17.6 Å². The summed E-state index contributed by atoms with van der Waals surface area (Å²) in [4.78, 5) is 4.30. The summed E-state index contributed by atoms with van der Waals surface area (Å²) < 4.78 is 10.2. The molecule has 0 radical (unpaired) electrons. The number of hydrogen-bond donors (Lipinski definition) is 2. The maximum Gasteiger partial charge on any atom is 0.164 e. The Hall–Kier alpha value is -3.11. The van der Waals surface area contributed by atoms with Crippen molar-refractivity contribution < 1.29 is 14.6 Å². The van der Waals surface area contributed by atoms with Gasteiger partial charge in [-0.25, -0.2) is 4.98 Å². The molecule has 7 nitrogen and oxygen atoms in total. The van der Waals surface area contributed by atoms with Gasteiger partial charge in [0.1, 0.15) is 11.6 Å². The zero-order chi connectivity index (χ0) is 17.5. The molecular formula is C17H18N4O3. The van der Waals surface area contributed by atoms with Crippen molar-refractivity contribution in [2.24, 2.45) is 5.10 Å². The monoisotopic (exact) mass is 326 g/mol. The van der Waals surface area contributed by atoms with Crippen LogP contribution < -0.4 is 10.2 Å². The lowest BCUT2D eigenvalue weighted by Crippen LogP contribution is -2.03. The van der Waals surface area contributed by atoms with Crippen molar-refractivity contribution >= 4 is 12.0 Å². The lowest BCUT2D eigenvalue weighted by Gasteiger charge is -2.09. The van der Waals surface area contributed by atoms with E-state index in [1.165, 1.54) is 13.2 Å². The molecule has 1 aromatic carbocycles. The van der Waals surface area contributed by atoms with E-state index in [-0.39, 0.29) is 5.75 Å². The van der Waals surface area contributed by atoms with Gasteiger partial charge in [-0.3, -0.25) is 5.43 Å². The second-order valence-corrected chi connectivity index (χ2v) is 4.99. The molecule has 1 aromatic heterocycles. The third kappa shape index (κ3) is 4.00. The molecule has 0 bridgehead atoms. The van der Waals surface area contributed by atoms with Crippen LogP contribution in [0.4, 0.5) is 5.82 Å². The number of phenols is 1. The third-order valence-electron chi connectivity index (χ3n) is 3.23. The van der Waals surface area contributed by atoms with Gasteiger partial charge in [0.15, 0.2) is 17.3 Å². The molecule has 0 atom stereocenters. The molecule has 0 spiro atoms. The van der Waals surface area contributed by atoms with Crippen LogP contribution in [-0.4, -0.2) is 30.5 Å². The van der Waals surface area contributed by atoms with Gasteiger partial charge >= 0.3 is 0 Å². The average Bonchev–Trinajstić information content (AvgIpc) is 2.56. The number of aromatic nitrogens is 1. The number of nitrogens with zero attached hydrogens (tertiary/aromatic N) is 3. The molecule has 0 amide bonds. The van der Waals surface area contributed by atoms with Crippen molar-refractivity contribution in [1.82, 2.24) is 4.98 Å². The van der Waals surface area contributed by atoms with Gasteiger partial charge < -0.3 is 14.6 Å². The molecule has 1 heterocycles. The largest absolute Gasteiger partial charge is 0.504 e. The average molecular weight is 326 g/mol. The van der Waals surface area contributed by atoms with Crippen LogP contribution in [-0.2, 0) is 11.3 Å². The number of aryl methyl sites for hydroxylation is 1. The number of hydrogen-bond acceptors (Lipinski definition) is 7. The first-order valence-corrected chi connectivity index (χ1v) is 7.14. The Morgan fingerprint density at radius 1 is 1.38 bits per heavy atom. The summed E-state index contributed by atoms with van der Waals surface area (Å²) in [6.45, 7) is 2.15. The van der Waals surface area contributed by atoms with Crippen molar-refractivity contribution in [2.45, 2.75) is 13.5 Å². The Labute approximate surface area is 140 Å². The first kappa shape index (κ1) is 17.2. The highest BCUT2D eigenvalue weighted by atomic mass is 16.5. The van der Waals surface area contributed by atoms with Crippen LogP contribution in [0.15, 0.2) is 29.4 Å². The maximum absolute atomic E-state index is 9.58. The van der Waals surface area contributed by atoms with Crippen molar-refractivity contribution in [3.05, 3.63) is 46.6 Å². The van der Waals surface area contributed by atoms with E-state index in [0.29, 0.717) is 23.7 Å². The highest BCUT2D eigenvalue weighted by Crippen LogP contribution is 2.25. The van der Waals surface area contributed by atoms with E-state index in [0.717, 1.165) is 16.8 Å². The lowest BCUT2D eigenvalue weighted by molar-refractivity contribution is 0.184. The molecule has 2 rings (SSSR count). The maximum atomic E-state index is 9.58. The van der Waals surface area contributed by atoms with Crippen molar-refractivity contribution in [3.63, 3.8) is 0 Å². The molecular weight excluding hydrogens is 308 g/mol. The van der Waals surface area contributed by atoms with Gasteiger partial charge in [-0.15, -0.1) is 0 Å². The minimum atomic E-state index is 0.0546. The van der Waals surface area contributed by atoms with E-state index in [9.17, 15) is 10.4 Å². The Kier molecular flexibility index (Phi) is 5.71. The number of rotatable bonds is 6. The number of ether oxygens (including phenoxy) is 2. The van der Waals surface area contributed by atoms with Crippen LogP contribution in [0.3, 0.4) is 0 Å². The van der Waals surface area contributed by atoms with Gasteiger partial charge in [0, 0.05) is 18.4 Å². The molecule has 0 saturated heterocycles. The number of aromatic hydroxyl groups is 1.